The van der Waals surface area contributed by atoms with Crippen LogP contribution in [0.15, 0.2) is 0 Å². The zero-order valence-corrected chi connectivity index (χ0v) is 11.2. The van der Waals surface area contributed by atoms with Crippen molar-refractivity contribution in [2.45, 2.75) is 70.4 Å². The van der Waals surface area contributed by atoms with Crippen molar-refractivity contribution in [2.24, 2.45) is 5.92 Å². The van der Waals surface area contributed by atoms with Gasteiger partial charge >= 0.3 is 0 Å². The summed E-state index contributed by atoms with van der Waals surface area (Å²) < 4.78 is 0. The molecule has 0 aromatic carbocycles. The molecule has 98 valence electrons. The van der Waals surface area contributed by atoms with E-state index in [1.54, 1.807) is 0 Å². The molecule has 1 aliphatic carbocycles. The SMILES string of the molecule is CCC(C)(CCO)NC1CCCCCC1C#N. The molecule has 17 heavy (non-hydrogen) atoms. The van der Waals surface area contributed by atoms with Gasteiger partial charge in [0, 0.05) is 18.2 Å². The van der Waals surface area contributed by atoms with E-state index in [-0.39, 0.29) is 18.1 Å². The fourth-order valence-corrected chi connectivity index (χ4v) is 2.68. The third-order valence-corrected chi connectivity index (χ3v) is 4.16. The molecule has 0 aromatic heterocycles. The Hall–Kier alpha value is -0.590. The zero-order chi connectivity index (χ0) is 12.7. The largest absolute Gasteiger partial charge is 0.396 e. The molecule has 0 heterocycles. The average molecular weight is 238 g/mol. The van der Waals surface area contributed by atoms with E-state index < -0.39 is 0 Å². The van der Waals surface area contributed by atoms with Gasteiger partial charge in [-0.2, -0.15) is 5.26 Å². The lowest BCUT2D eigenvalue weighted by atomic mass is 9.89. The van der Waals surface area contributed by atoms with E-state index in [1.807, 2.05) is 0 Å². The molecule has 0 radical (unpaired) electrons. The van der Waals surface area contributed by atoms with Crippen molar-refractivity contribution < 1.29 is 5.11 Å². The molecule has 0 aliphatic heterocycles. The molecule has 1 saturated carbocycles. The molecule has 1 fully saturated rings. The fraction of sp³-hybridized carbons (Fsp3) is 0.929. The van der Waals surface area contributed by atoms with Gasteiger partial charge in [-0.1, -0.05) is 26.2 Å². The van der Waals surface area contributed by atoms with Crippen LogP contribution in [0.5, 0.6) is 0 Å². The monoisotopic (exact) mass is 238 g/mol. The number of nitriles is 1. The highest BCUT2D eigenvalue weighted by Gasteiger charge is 2.30. The highest BCUT2D eigenvalue weighted by atomic mass is 16.3. The van der Waals surface area contributed by atoms with E-state index in [0.717, 1.165) is 25.7 Å². The lowest BCUT2D eigenvalue weighted by Crippen LogP contribution is -2.50. The van der Waals surface area contributed by atoms with Crippen LogP contribution >= 0.6 is 0 Å². The predicted octanol–water partition coefficient (Wildman–Crippen LogP) is 2.60. The Morgan fingerprint density at radius 1 is 1.35 bits per heavy atom. The lowest BCUT2D eigenvalue weighted by molar-refractivity contribution is 0.189. The van der Waals surface area contributed by atoms with Gasteiger partial charge in [-0.3, -0.25) is 0 Å². The molecule has 0 saturated heterocycles. The maximum absolute atomic E-state index is 9.25. The minimum Gasteiger partial charge on any atom is -0.396 e. The van der Waals surface area contributed by atoms with E-state index >= 15 is 0 Å². The van der Waals surface area contributed by atoms with Crippen LogP contribution in [0.25, 0.3) is 0 Å². The van der Waals surface area contributed by atoms with Crippen LogP contribution in [0.2, 0.25) is 0 Å². The van der Waals surface area contributed by atoms with Crippen molar-refractivity contribution in [3.63, 3.8) is 0 Å². The normalized spacial score (nSPS) is 29.1. The summed E-state index contributed by atoms with van der Waals surface area (Å²) in [7, 11) is 0. The second-order valence-corrected chi connectivity index (χ2v) is 5.51. The first-order chi connectivity index (χ1) is 8.15. The van der Waals surface area contributed by atoms with Gasteiger partial charge in [0.05, 0.1) is 12.0 Å². The number of hydrogen-bond donors (Lipinski definition) is 2. The van der Waals surface area contributed by atoms with Crippen molar-refractivity contribution in [1.82, 2.24) is 5.32 Å². The lowest BCUT2D eigenvalue weighted by Gasteiger charge is -2.35. The number of aliphatic hydroxyl groups excluding tert-OH is 1. The predicted molar refractivity (Wildman–Crippen MR) is 69.5 cm³/mol. The van der Waals surface area contributed by atoms with Crippen LogP contribution in [0, 0.1) is 17.2 Å². The summed E-state index contributed by atoms with van der Waals surface area (Å²) in [5.41, 5.74) is -0.0289. The number of rotatable bonds is 5. The molecule has 1 rings (SSSR count). The molecule has 0 bridgehead atoms. The van der Waals surface area contributed by atoms with Gasteiger partial charge in [0.25, 0.3) is 0 Å². The molecular formula is C14H26N2O. The second kappa shape index (κ2) is 6.98. The van der Waals surface area contributed by atoms with Crippen LogP contribution in [0.4, 0.5) is 0 Å². The highest BCUT2D eigenvalue weighted by molar-refractivity contribution is 4.97. The number of hydrogen-bond acceptors (Lipinski definition) is 3. The molecule has 0 amide bonds. The van der Waals surface area contributed by atoms with Gasteiger partial charge in [-0.15, -0.1) is 0 Å². The van der Waals surface area contributed by atoms with Crippen LogP contribution in [-0.4, -0.2) is 23.3 Å². The molecule has 3 atom stereocenters. The Kier molecular flexibility index (Phi) is 5.94. The first-order valence-corrected chi connectivity index (χ1v) is 6.93. The van der Waals surface area contributed by atoms with Crippen molar-refractivity contribution in [2.75, 3.05) is 6.61 Å². The van der Waals surface area contributed by atoms with Gasteiger partial charge in [0.1, 0.15) is 0 Å². The van der Waals surface area contributed by atoms with E-state index in [4.69, 9.17) is 5.11 Å². The van der Waals surface area contributed by atoms with Gasteiger partial charge in [-0.25, -0.2) is 0 Å². The first kappa shape index (κ1) is 14.5. The average Bonchev–Trinajstić information content (AvgIpc) is 2.54. The van der Waals surface area contributed by atoms with Crippen molar-refractivity contribution >= 4 is 0 Å². The van der Waals surface area contributed by atoms with Crippen LogP contribution in [-0.2, 0) is 0 Å². The Balaban J connectivity index is 2.65. The van der Waals surface area contributed by atoms with Crippen LogP contribution in [0.1, 0.15) is 58.8 Å². The summed E-state index contributed by atoms with van der Waals surface area (Å²) in [4.78, 5) is 0. The Morgan fingerprint density at radius 3 is 2.65 bits per heavy atom. The van der Waals surface area contributed by atoms with Gasteiger partial charge < -0.3 is 10.4 Å². The molecule has 1 aliphatic rings. The number of nitrogens with one attached hydrogen (secondary N) is 1. The van der Waals surface area contributed by atoms with E-state index in [0.29, 0.717) is 6.04 Å². The smallest absolute Gasteiger partial charge is 0.0672 e. The van der Waals surface area contributed by atoms with Crippen molar-refractivity contribution in [1.29, 1.82) is 5.26 Å². The van der Waals surface area contributed by atoms with Crippen LogP contribution in [0.3, 0.4) is 0 Å². The maximum atomic E-state index is 9.25. The van der Waals surface area contributed by atoms with Crippen molar-refractivity contribution in [3.05, 3.63) is 0 Å². The molecule has 2 N–H and O–H groups in total. The molecule has 3 nitrogen and oxygen atoms in total. The topological polar surface area (TPSA) is 56.0 Å². The van der Waals surface area contributed by atoms with Crippen molar-refractivity contribution in [3.8, 4) is 6.07 Å². The van der Waals surface area contributed by atoms with E-state index in [2.05, 4.69) is 25.2 Å². The summed E-state index contributed by atoms with van der Waals surface area (Å²) in [5.74, 6) is 0.141. The second-order valence-electron chi connectivity index (χ2n) is 5.51. The van der Waals surface area contributed by atoms with Crippen LogP contribution < -0.4 is 5.32 Å². The van der Waals surface area contributed by atoms with Gasteiger partial charge in [0.2, 0.25) is 0 Å². The fourth-order valence-electron chi connectivity index (χ4n) is 2.68. The third-order valence-electron chi connectivity index (χ3n) is 4.16. The zero-order valence-electron chi connectivity index (χ0n) is 11.2. The Bertz CT molecular complexity index is 261. The number of nitrogens with zero attached hydrogens (tertiary/aromatic N) is 1. The highest BCUT2D eigenvalue weighted by Crippen LogP contribution is 2.26. The first-order valence-electron chi connectivity index (χ1n) is 6.93. The van der Waals surface area contributed by atoms with E-state index in [9.17, 15) is 5.26 Å². The summed E-state index contributed by atoms with van der Waals surface area (Å²) in [6.07, 6.45) is 7.51. The van der Waals surface area contributed by atoms with E-state index in [1.165, 1.54) is 19.3 Å². The van der Waals surface area contributed by atoms with Gasteiger partial charge in [0.15, 0.2) is 0 Å². The summed E-state index contributed by atoms with van der Waals surface area (Å²) >= 11 is 0. The Labute approximate surface area is 105 Å². The summed E-state index contributed by atoms with van der Waals surface area (Å²) in [6, 6.07) is 2.76. The minimum absolute atomic E-state index is 0.0289. The molecule has 0 aromatic rings. The molecule has 3 heteroatoms. The molecule has 0 spiro atoms. The quantitative estimate of drug-likeness (QED) is 0.724. The number of aliphatic hydroxyl groups is 1. The molecular weight excluding hydrogens is 212 g/mol. The third kappa shape index (κ3) is 4.29. The maximum Gasteiger partial charge on any atom is 0.0672 e. The molecule has 3 unspecified atom stereocenters. The summed E-state index contributed by atoms with van der Waals surface area (Å²) in [5, 5.41) is 22.0. The standard InChI is InChI=1S/C14H26N2O/c1-3-14(2,9-10-17)16-13-8-6-4-5-7-12(13)11-15/h12-13,16-17H,3-10H2,1-2H3. The van der Waals surface area contributed by atoms with Gasteiger partial charge in [-0.05, 0) is 32.6 Å². The minimum atomic E-state index is -0.0289. The summed E-state index contributed by atoms with van der Waals surface area (Å²) in [6.45, 7) is 4.50. The Morgan fingerprint density at radius 2 is 2.06 bits per heavy atom.